The minimum absolute atomic E-state index is 0.0667. The molecule has 2 aromatic carbocycles. The summed E-state index contributed by atoms with van der Waals surface area (Å²) in [4.78, 5) is 23.0. The van der Waals surface area contributed by atoms with Crippen LogP contribution in [-0.4, -0.2) is 31.1 Å². The first-order chi connectivity index (χ1) is 11.5. The van der Waals surface area contributed by atoms with Crippen LogP contribution in [0.15, 0.2) is 42.5 Å². The van der Waals surface area contributed by atoms with Gasteiger partial charge in [-0.25, -0.2) is 0 Å². The highest BCUT2D eigenvalue weighted by molar-refractivity contribution is 6.00. The maximum atomic E-state index is 12.3. The predicted molar refractivity (Wildman–Crippen MR) is 90.0 cm³/mol. The summed E-state index contributed by atoms with van der Waals surface area (Å²) in [6, 6.07) is 13.2. The van der Waals surface area contributed by atoms with Crippen molar-refractivity contribution in [3.63, 3.8) is 0 Å². The van der Waals surface area contributed by atoms with Gasteiger partial charge in [0, 0.05) is 18.9 Å². The van der Waals surface area contributed by atoms with Crippen molar-refractivity contribution in [2.24, 2.45) is 0 Å². The van der Waals surface area contributed by atoms with Crippen LogP contribution in [0.1, 0.15) is 34.3 Å². The van der Waals surface area contributed by atoms with Gasteiger partial charge in [-0.05, 0) is 17.2 Å². The number of carboxylic acids is 1. The number of methoxy groups -OCH3 is 2. The normalized spacial score (nSPS) is 10.2. The Kier molecular flexibility index (Phi) is 5.95. The van der Waals surface area contributed by atoms with Crippen molar-refractivity contribution in [2.75, 3.05) is 14.2 Å². The SMILES string of the molecule is COc1cc(OC)c(C(=O)CCC(=O)O)cc1Cc1ccccc1. The highest BCUT2D eigenvalue weighted by Gasteiger charge is 2.18. The molecular weight excluding hydrogens is 308 g/mol. The zero-order valence-electron chi connectivity index (χ0n) is 13.7. The van der Waals surface area contributed by atoms with Crippen LogP contribution in [-0.2, 0) is 11.2 Å². The third kappa shape index (κ3) is 4.35. The van der Waals surface area contributed by atoms with E-state index in [1.165, 1.54) is 7.11 Å². The molecule has 0 aromatic heterocycles. The molecule has 0 bridgehead atoms. The number of carbonyl (C=O) groups is 2. The first-order valence-electron chi connectivity index (χ1n) is 7.59. The van der Waals surface area contributed by atoms with Gasteiger partial charge in [0.05, 0.1) is 26.2 Å². The molecule has 1 N–H and O–H groups in total. The van der Waals surface area contributed by atoms with Crippen LogP contribution in [0.5, 0.6) is 11.5 Å². The minimum Gasteiger partial charge on any atom is -0.496 e. The van der Waals surface area contributed by atoms with E-state index in [-0.39, 0.29) is 18.6 Å². The van der Waals surface area contributed by atoms with E-state index in [9.17, 15) is 9.59 Å². The Morgan fingerprint density at radius 3 is 2.21 bits per heavy atom. The van der Waals surface area contributed by atoms with Gasteiger partial charge >= 0.3 is 5.97 Å². The summed E-state index contributed by atoms with van der Waals surface area (Å²) in [7, 11) is 3.04. The Bertz CT molecular complexity index is 722. The fourth-order valence-electron chi connectivity index (χ4n) is 2.49. The van der Waals surface area contributed by atoms with Gasteiger partial charge in [-0.15, -0.1) is 0 Å². The number of ketones is 1. The van der Waals surface area contributed by atoms with E-state index >= 15 is 0 Å². The Morgan fingerprint density at radius 1 is 0.958 bits per heavy atom. The second-order valence-corrected chi connectivity index (χ2v) is 5.34. The Morgan fingerprint density at radius 2 is 1.62 bits per heavy atom. The van der Waals surface area contributed by atoms with Crippen molar-refractivity contribution in [3.8, 4) is 11.5 Å². The average Bonchev–Trinajstić information content (AvgIpc) is 2.60. The number of ether oxygens (including phenoxy) is 2. The van der Waals surface area contributed by atoms with Gasteiger partial charge in [0.1, 0.15) is 11.5 Å². The van der Waals surface area contributed by atoms with E-state index < -0.39 is 5.97 Å². The topological polar surface area (TPSA) is 72.8 Å². The van der Waals surface area contributed by atoms with E-state index in [2.05, 4.69) is 0 Å². The van der Waals surface area contributed by atoms with Crippen molar-refractivity contribution < 1.29 is 24.2 Å². The number of benzene rings is 2. The number of aliphatic carboxylic acids is 1. The molecule has 0 unspecified atom stereocenters. The van der Waals surface area contributed by atoms with Crippen LogP contribution < -0.4 is 9.47 Å². The number of Topliss-reactive ketones (excluding diaryl/α,β-unsaturated/α-hetero) is 1. The standard InChI is InChI=1S/C19H20O5/c1-23-17-12-18(24-2)15(16(20)8-9-19(21)22)11-14(17)10-13-6-4-3-5-7-13/h3-7,11-12H,8-10H2,1-2H3,(H,21,22). The lowest BCUT2D eigenvalue weighted by molar-refractivity contribution is -0.136. The molecule has 0 spiro atoms. The largest absolute Gasteiger partial charge is 0.496 e. The summed E-state index contributed by atoms with van der Waals surface area (Å²) in [6.07, 6.45) is 0.331. The van der Waals surface area contributed by atoms with Gasteiger partial charge < -0.3 is 14.6 Å². The Balaban J connectivity index is 2.37. The molecule has 0 atom stereocenters. The maximum absolute atomic E-state index is 12.3. The van der Waals surface area contributed by atoms with Crippen molar-refractivity contribution in [1.29, 1.82) is 0 Å². The molecule has 2 aromatic rings. The molecule has 126 valence electrons. The van der Waals surface area contributed by atoms with Gasteiger partial charge in [-0.2, -0.15) is 0 Å². The van der Waals surface area contributed by atoms with Gasteiger partial charge in [-0.1, -0.05) is 30.3 Å². The highest BCUT2D eigenvalue weighted by Crippen LogP contribution is 2.31. The third-order valence-corrected chi connectivity index (χ3v) is 3.71. The van der Waals surface area contributed by atoms with Crippen molar-refractivity contribution >= 4 is 11.8 Å². The summed E-state index contributed by atoms with van der Waals surface area (Å²) < 4.78 is 10.7. The molecule has 0 aliphatic heterocycles. The van der Waals surface area contributed by atoms with Crippen molar-refractivity contribution in [1.82, 2.24) is 0 Å². The number of carbonyl (C=O) groups excluding carboxylic acids is 1. The van der Waals surface area contributed by atoms with Gasteiger partial charge in [0.15, 0.2) is 5.78 Å². The molecule has 5 nitrogen and oxygen atoms in total. The molecule has 5 heteroatoms. The number of carboxylic acid groups (broad SMARTS) is 1. The molecular formula is C19H20O5. The third-order valence-electron chi connectivity index (χ3n) is 3.71. The molecule has 24 heavy (non-hydrogen) atoms. The van der Waals surface area contributed by atoms with Crippen LogP contribution in [0.4, 0.5) is 0 Å². The lowest BCUT2D eigenvalue weighted by atomic mass is 9.97. The second-order valence-electron chi connectivity index (χ2n) is 5.34. The van der Waals surface area contributed by atoms with Gasteiger partial charge in [0.25, 0.3) is 0 Å². The smallest absolute Gasteiger partial charge is 0.303 e. The summed E-state index contributed by atoms with van der Waals surface area (Å²) >= 11 is 0. The van der Waals surface area contributed by atoms with Crippen molar-refractivity contribution in [2.45, 2.75) is 19.3 Å². The monoisotopic (exact) mass is 328 g/mol. The van der Waals surface area contributed by atoms with Crippen LogP contribution in [0, 0.1) is 0 Å². The van der Waals surface area contributed by atoms with Crippen LogP contribution >= 0.6 is 0 Å². The molecule has 0 heterocycles. The number of hydrogen-bond donors (Lipinski definition) is 1. The zero-order valence-corrected chi connectivity index (χ0v) is 13.7. The summed E-state index contributed by atoms with van der Waals surface area (Å²) in [5, 5.41) is 8.76. The first kappa shape index (κ1) is 17.5. The lowest BCUT2D eigenvalue weighted by Crippen LogP contribution is -2.07. The molecule has 0 saturated carbocycles. The Hall–Kier alpha value is -2.82. The van der Waals surface area contributed by atoms with Crippen molar-refractivity contribution in [3.05, 3.63) is 59.2 Å². The second kappa shape index (κ2) is 8.15. The van der Waals surface area contributed by atoms with Crippen LogP contribution in [0.25, 0.3) is 0 Å². The maximum Gasteiger partial charge on any atom is 0.303 e. The molecule has 0 amide bonds. The van der Waals surface area contributed by atoms with E-state index in [0.29, 0.717) is 23.5 Å². The quantitative estimate of drug-likeness (QED) is 0.752. The summed E-state index contributed by atoms with van der Waals surface area (Å²) in [5.74, 6) is -0.240. The van der Waals surface area contributed by atoms with E-state index in [1.54, 1.807) is 19.2 Å². The predicted octanol–water partition coefficient (Wildman–Crippen LogP) is 3.34. The number of hydrogen-bond acceptors (Lipinski definition) is 4. The zero-order chi connectivity index (χ0) is 17.5. The molecule has 0 radical (unpaired) electrons. The fourth-order valence-corrected chi connectivity index (χ4v) is 2.49. The molecule has 2 rings (SSSR count). The minimum atomic E-state index is -1.000. The first-order valence-corrected chi connectivity index (χ1v) is 7.59. The molecule has 0 saturated heterocycles. The highest BCUT2D eigenvalue weighted by atomic mass is 16.5. The van der Waals surface area contributed by atoms with E-state index in [4.69, 9.17) is 14.6 Å². The Labute approximate surface area is 140 Å². The lowest BCUT2D eigenvalue weighted by Gasteiger charge is -2.14. The van der Waals surface area contributed by atoms with E-state index in [0.717, 1.165) is 11.1 Å². The van der Waals surface area contributed by atoms with Gasteiger partial charge in [0.2, 0.25) is 0 Å². The average molecular weight is 328 g/mol. The van der Waals surface area contributed by atoms with Crippen LogP contribution in [0.3, 0.4) is 0 Å². The molecule has 0 fully saturated rings. The van der Waals surface area contributed by atoms with E-state index in [1.807, 2.05) is 30.3 Å². The van der Waals surface area contributed by atoms with Gasteiger partial charge in [-0.3, -0.25) is 9.59 Å². The molecule has 0 aliphatic rings. The summed E-state index contributed by atoms with van der Waals surface area (Å²) in [5.41, 5.74) is 2.32. The fraction of sp³-hybridized carbons (Fsp3) is 0.263. The summed E-state index contributed by atoms with van der Waals surface area (Å²) in [6.45, 7) is 0. The van der Waals surface area contributed by atoms with Crippen LogP contribution in [0.2, 0.25) is 0 Å². The molecule has 0 aliphatic carbocycles. The number of rotatable bonds is 8.